The van der Waals surface area contributed by atoms with Crippen LogP contribution in [0.4, 0.5) is 0 Å². The molecule has 0 aromatic rings. The monoisotopic (exact) mass is 299 g/mol. The molecule has 21 heavy (non-hydrogen) atoms. The molecule has 0 saturated carbocycles. The fourth-order valence-corrected chi connectivity index (χ4v) is 2.15. The Morgan fingerprint density at radius 3 is 2.38 bits per heavy atom. The Kier molecular flexibility index (Phi) is 11.3. The molecule has 0 bridgehead atoms. The second kappa shape index (κ2) is 12.2. The van der Waals surface area contributed by atoms with Gasteiger partial charge in [0.05, 0.1) is 6.54 Å². The van der Waals surface area contributed by atoms with Crippen LogP contribution in [0, 0.1) is 0 Å². The highest BCUT2D eigenvalue weighted by molar-refractivity contribution is 5.88. The van der Waals surface area contributed by atoms with E-state index in [2.05, 4.69) is 17.6 Å². The van der Waals surface area contributed by atoms with Gasteiger partial charge in [-0.25, -0.2) is 0 Å². The lowest BCUT2D eigenvalue weighted by molar-refractivity contribution is -0.138. The van der Waals surface area contributed by atoms with Gasteiger partial charge in [-0.1, -0.05) is 39.5 Å². The summed E-state index contributed by atoms with van der Waals surface area (Å²) >= 11 is 0. The molecule has 0 saturated heterocycles. The zero-order valence-corrected chi connectivity index (χ0v) is 13.5. The minimum absolute atomic E-state index is 0.0369. The van der Waals surface area contributed by atoms with E-state index in [1.807, 2.05) is 6.92 Å². The SMILES string of the molecule is CCCCCC[C@H](NC=O)C(=O)N(CCC)CC(=O)NC. The second-order valence-electron chi connectivity index (χ2n) is 5.12. The van der Waals surface area contributed by atoms with Crippen molar-refractivity contribution < 1.29 is 14.4 Å². The van der Waals surface area contributed by atoms with Gasteiger partial charge in [-0.15, -0.1) is 0 Å². The van der Waals surface area contributed by atoms with Gasteiger partial charge >= 0.3 is 0 Å². The maximum Gasteiger partial charge on any atom is 0.245 e. The maximum absolute atomic E-state index is 12.5. The number of carbonyl (C=O) groups is 3. The first-order valence-electron chi connectivity index (χ1n) is 7.79. The lowest BCUT2D eigenvalue weighted by atomic mass is 10.1. The predicted molar refractivity (Wildman–Crippen MR) is 82.7 cm³/mol. The number of rotatable bonds is 12. The Hall–Kier alpha value is -1.59. The lowest BCUT2D eigenvalue weighted by Crippen LogP contribution is -2.49. The Morgan fingerprint density at radius 2 is 1.86 bits per heavy atom. The number of nitrogens with zero attached hydrogens (tertiary/aromatic N) is 1. The van der Waals surface area contributed by atoms with Crippen molar-refractivity contribution in [2.45, 2.75) is 58.4 Å². The highest BCUT2D eigenvalue weighted by Gasteiger charge is 2.24. The molecule has 122 valence electrons. The van der Waals surface area contributed by atoms with Crippen molar-refractivity contribution in [1.82, 2.24) is 15.5 Å². The number of carbonyl (C=O) groups excluding carboxylic acids is 3. The van der Waals surface area contributed by atoms with Crippen molar-refractivity contribution in [2.75, 3.05) is 20.1 Å². The predicted octanol–water partition coefficient (Wildman–Crippen LogP) is 1.06. The summed E-state index contributed by atoms with van der Waals surface area (Å²) in [5.41, 5.74) is 0. The number of nitrogens with one attached hydrogen (secondary N) is 2. The Morgan fingerprint density at radius 1 is 1.14 bits per heavy atom. The van der Waals surface area contributed by atoms with Gasteiger partial charge in [-0.3, -0.25) is 14.4 Å². The molecule has 0 aromatic heterocycles. The first kappa shape index (κ1) is 19.4. The molecule has 0 fully saturated rings. The molecular formula is C15H29N3O3. The topological polar surface area (TPSA) is 78.5 Å². The molecule has 6 heteroatoms. The molecule has 3 amide bonds. The summed E-state index contributed by atoms with van der Waals surface area (Å²) in [6, 6.07) is -0.532. The van der Waals surface area contributed by atoms with Gasteiger partial charge < -0.3 is 15.5 Å². The van der Waals surface area contributed by atoms with Gasteiger partial charge in [0.1, 0.15) is 6.04 Å². The van der Waals surface area contributed by atoms with Crippen molar-refractivity contribution in [3.05, 3.63) is 0 Å². The third-order valence-corrected chi connectivity index (χ3v) is 3.33. The van der Waals surface area contributed by atoms with Crippen LogP contribution in [0.3, 0.4) is 0 Å². The summed E-state index contributed by atoms with van der Waals surface area (Å²) in [5.74, 6) is -0.378. The fraction of sp³-hybridized carbons (Fsp3) is 0.800. The van der Waals surface area contributed by atoms with Crippen molar-refractivity contribution in [3.8, 4) is 0 Å². The number of hydrogen-bond acceptors (Lipinski definition) is 3. The molecule has 0 heterocycles. The second-order valence-corrected chi connectivity index (χ2v) is 5.12. The molecule has 0 aliphatic carbocycles. The Labute approximate surface area is 127 Å². The molecule has 0 radical (unpaired) electrons. The van der Waals surface area contributed by atoms with E-state index in [-0.39, 0.29) is 18.4 Å². The average Bonchev–Trinajstić information content (AvgIpc) is 2.49. The highest BCUT2D eigenvalue weighted by Crippen LogP contribution is 2.08. The van der Waals surface area contributed by atoms with E-state index in [0.717, 1.165) is 32.1 Å². The molecule has 0 spiro atoms. The van der Waals surface area contributed by atoms with Crippen LogP contribution < -0.4 is 10.6 Å². The van der Waals surface area contributed by atoms with Crippen LogP contribution in [0.25, 0.3) is 0 Å². The van der Waals surface area contributed by atoms with Crippen molar-refractivity contribution in [1.29, 1.82) is 0 Å². The van der Waals surface area contributed by atoms with Crippen molar-refractivity contribution >= 4 is 18.2 Å². The summed E-state index contributed by atoms with van der Waals surface area (Å²) in [6.07, 6.45) is 6.14. The van der Waals surface area contributed by atoms with Crippen LogP contribution in [-0.4, -0.2) is 49.3 Å². The number of hydrogen-bond donors (Lipinski definition) is 2. The molecule has 0 rings (SSSR count). The van der Waals surface area contributed by atoms with Gasteiger partial charge in [-0.2, -0.15) is 0 Å². The van der Waals surface area contributed by atoms with Crippen LogP contribution in [0.2, 0.25) is 0 Å². The zero-order chi connectivity index (χ0) is 16.1. The first-order valence-corrected chi connectivity index (χ1v) is 7.79. The normalized spacial score (nSPS) is 11.6. The van der Waals surface area contributed by atoms with Crippen LogP contribution in [0.15, 0.2) is 0 Å². The number of likely N-dealkylation sites (N-methyl/N-ethyl adjacent to an activating group) is 1. The largest absolute Gasteiger partial charge is 0.358 e. The molecule has 0 aromatic carbocycles. The fourth-order valence-electron chi connectivity index (χ4n) is 2.15. The van der Waals surface area contributed by atoms with E-state index in [9.17, 15) is 14.4 Å². The molecule has 0 unspecified atom stereocenters. The van der Waals surface area contributed by atoms with Crippen LogP contribution in [-0.2, 0) is 14.4 Å². The summed E-state index contributed by atoms with van der Waals surface area (Å²) in [6.45, 7) is 4.62. The van der Waals surface area contributed by atoms with E-state index in [4.69, 9.17) is 0 Å². The standard InChI is InChI=1S/C15H29N3O3/c1-4-6-7-8-9-13(17-12-19)15(21)18(10-5-2)11-14(20)16-3/h12-13H,4-11H2,1-3H3,(H,16,20)(H,17,19)/t13-/m0/s1. The summed E-state index contributed by atoms with van der Waals surface area (Å²) in [5, 5.41) is 5.10. The molecule has 2 N–H and O–H groups in total. The first-order chi connectivity index (χ1) is 10.1. The van der Waals surface area contributed by atoms with E-state index < -0.39 is 6.04 Å². The van der Waals surface area contributed by atoms with Gasteiger partial charge in [0.2, 0.25) is 18.2 Å². The van der Waals surface area contributed by atoms with Crippen molar-refractivity contribution in [2.24, 2.45) is 0 Å². The maximum atomic E-state index is 12.5. The Balaban J connectivity index is 4.61. The van der Waals surface area contributed by atoms with Crippen LogP contribution in [0.1, 0.15) is 52.4 Å². The summed E-state index contributed by atoms with van der Waals surface area (Å²) in [7, 11) is 1.54. The zero-order valence-electron chi connectivity index (χ0n) is 13.5. The minimum atomic E-state index is -0.532. The van der Waals surface area contributed by atoms with Gasteiger partial charge in [0.25, 0.3) is 0 Å². The molecule has 0 aliphatic rings. The number of amides is 3. The van der Waals surface area contributed by atoms with Gasteiger partial charge in [0.15, 0.2) is 0 Å². The minimum Gasteiger partial charge on any atom is -0.358 e. The summed E-state index contributed by atoms with van der Waals surface area (Å²) in [4.78, 5) is 36.2. The quantitative estimate of drug-likeness (QED) is 0.418. The van der Waals surface area contributed by atoms with E-state index in [1.54, 1.807) is 7.05 Å². The van der Waals surface area contributed by atoms with Crippen LogP contribution >= 0.6 is 0 Å². The molecule has 6 nitrogen and oxygen atoms in total. The third kappa shape index (κ3) is 8.32. The van der Waals surface area contributed by atoms with Crippen LogP contribution in [0.5, 0.6) is 0 Å². The van der Waals surface area contributed by atoms with Gasteiger partial charge in [0, 0.05) is 13.6 Å². The third-order valence-electron chi connectivity index (χ3n) is 3.33. The van der Waals surface area contributed by atoms with E-state index in [0.29, 0.717) is 19.4 Å². The average molecular weight is 299 g/mol. The smallest absolute Gasteiger partial charge is 0.245 e. The molecule has 0 aliphatic heterocycles. The molecular weight excluding hydrogens is 270 g/mol. The highest BCUT2D eigenvalue weighted by atomic mass is 16.2. The number of unbranched alkanes of at least 4 members (excludes halogenated alkanes) is 3. The van der Waals surface area contributed by atoms with E-state index in [1.165, 1.54) is 4.90 Å². The van der Waals surface area contributed by atoms with Crippen molar-refractivity contribution in [3.63, 3.8) is 0 Å². The summed E-state index contributed by atoms with van der Waals surface area (Å²) < 4.78 is 0. The molecule has 1 atom stereocenters. The lowest BCUT2D eigenvalue weighted by Gasteiger charge is -2.26. The van der Waals surface area contributed by atoms with Gasteiger partial charge in [-0.05, 0) is 12.8 Å². The van der Waals surface area contributed by atoms with E-state index >= 15 is 0 Å². The Bertz CT molecular complexity index is 321.